The van der Waals surface area contributed by atoms with Crippen LogP contribution in [0, 0.1) is 0 Å². The van der Waals surface area contributed by atoms with Gasteiger partial charge >= 0.3 is 5.97 Å². The van der Waals surface area contributed by atoms with Crippen LogP contribution in [0.5, 0.6) is 0 Å². The van der Waals surface area contributed by atoms with Crippen molar-refractivity contribution in [3.05, 3.63) is 77.5 Å². The Morgan fingerprint density at radius 3 is 2.76 bits per heavy atom. The average Bonchev–Trinajstić information content (AvgIpc) is 2.66. The fraction of sp³-hybridized carbons (Fsp3) is 0.150. The SMILES string of the molecule is O=C(O)[C@H]1c2ccccc2CCN1C(=O)c1ccc2ncccc2c1. The number of carbonyl (C=O) groups is 2. The Bertz CT molecular complexity index is 983. The van der Waals surface area contributed by atoms with Crippen LogP contribution in [0.1, 0.15) is 27.5 Å². The lowest BCUT2D eigenvalue weighted by atomic mass is 9.92. The monoisotopic (exact) mass is 332 g/mol. The summed E-state index contributed by atoms with van der Waals surface area (Å²) in [6.07, 6.45) is 2.35. The van der Waals surface area contributed by atoms with Crippen molar-refractivity contribution in [3.63, 3.8) is 0 Å². The first-order valence-electron chi connectivity index (χ1n) is 8.11. The van der Waals surface area contributed by atoms with Crippen molar-refractivity contribution < 1.29 is 14.7 Å². The molecule has 1 atom stereocenters. The first kappa shape index (κ1) is 15.3. The van der Waals surface area contributed by atoms with Crippen molar-refractivity contribution in [2.75, 3.05) is 6.54 Å². The number of fused-ring (bicyclic) bond motifs is 2. The fourth-order valence-corrected chi connectivity index (χ4v) is 3.43. The maximum Gasteiger partial charge on any atom is 0.331 e. The van der Waals surface area contributed by atoms with Crippen molar-refractivity contribution in [2.24, 2.45) is 0 Å². The summed E-state index contributed by atoms with van der Waals surface area (Å²) in [5, 5.41) is 10.6. The van der Waals surface area contributed by atoms with Gasteiger partial charge < -0.3 is 10.0 Å². The summed E-state index contributed by atoms with van der Waals surface area (Å²) in [7, 11) is 0. The maximum absolute atomic E-state index is 13.0. The molecule has 1 amide bonds. The van der Waals surface area contributed by atoms with Crippen LogP contribution < -0.4 is 0 Å². The molecule has 0 saturated heterocycles. The van der Waals surface area contributed by atoms with Gasteiger partial charge in [-0.05, 0) is 41.8 Å². The standard InChI is InChI=1S/C20H16N2O3/c23-19(15-7-8-17-14(12-15)5-3-10-21-17)22-11-9-13-4-1-2-6-16(13)18(22)20(24)25/h1-8,10,12,18H,9,11H2,(H,24,25)/t18-/m1/s1. The van der Waals surface area contributed by atoms with Crippen LogP contribution in [0.2, 0.25) is 0 Å². The number of carboxylic acids is 1. The average molecular weight is 332 g/mol. The summed E-state index contributed by atoms with van der Waals surface area (Å²) in [6.45, 7) is 0.387. The van der Waals surface area contributed by atoms with Crippen molar-refractivity contribution in [1.29, 1.82) is 0 Å². The Kier molecular flexibility index (Phi) is 3.69. The molecule has 1 N–H and O–H groups in total. The predicted octanol–water partition coefficient (Wildman–Crippen LogP) is 3.06. The molecule has 1 aliphatic heterocycles. The lowest BCUT2D eigenvalue weighted by Gasteiger charge is -2.34. The summed E-state index contributed by atoms with van der Waals surface area (Å²) >= 11 is 0. The van der Waals surface area contributed by atoms with E-state index in [1.165, 1.54) is 4.90 Å². The van der Waals surface area contributed by atoms with E-state index in [1.54, 1.807) is 30.5 Å². The summed E-state index contributed by atoms with van der Waals surface area (Å²) in [5.74, 6) is -1.28. The second-order valence-electron chi connectivity index (χ2n) is 6.10. The summed E-state index contributed by atoms with van der Waals surface area (Å²) in [6, 6.07) is 15.4. The van der Waals surface area contributed by atoms with Crippen molar-refractivity contribution in [3.8, 4) is 0 Å². The number of carboxylic acid groups (broad SMARTS) is 1. The van der Waals surface area contributed by atoms with Gasteiger partial charge in [-0.15, -0.1) is 0 Å². The van der Waals surface area contributed by atoms with Crippen LogP contribution >= 0.6 is 0 Å². The molecule has 4 rings (SSSR count). The molecule has 0 bridgehead atoms. The van der Waals surface area contributed by atoms with E-state index in [0.717, 1.165) is 16.5 Å². The van der Waals surface area contributed by atoms with Gasteiger partial charge in [0.2, 0.25) is 0 Å². The molecule has 2 aromatic carbocycles. The van der Waals surface area contributed by atoms with Gasteiger partial charge in [0.05, 0.1) is 5.52 Å². The van der Waals surface area contributed by atoms with Crippen molar-refractivity contribution in [2.45, 2.75) is 12.5 Å². The summed E-state index contributed by atoms with van der Waals surface area (Å²) < 4.78 is 0. The molecule has 0 aliphatic carbocycles. The van der Waals surface area contributed by atoms with E-state index in [0.29, 0.717) is 24.1 Å². The molecule has 0 fully saturated rings. The van der Waals surface area contributed by atoms with E-state index in [9.17, 15) is 14.7 Å². The van der Waals surface area contributed by atoms with Crippen LogP contribution in [0.15, 0.2) is 60.8 Å². The molecule has 0 spiro atoms. The Labute approximate surface area is 144 Å². The van der Waals surface area contributed by atoms with E-state index in [4.69, 9.17) is 0 Å². The largest absolute Gasteiger partial charge is 0.479 e. The van der Waals surface area contributed by atoms with E-state index in [-0.39, 0.29) is 5.91 Å². The molecule has 2 heterocycles. The van der Waals surface area contributed by atoms with E-state index in [1.807, 2.05) is 30.3 Å². The van der Waals surface area contributed by atoms with Gasteiger partial charge in [-0.1, -0.05) is 30.3 Å². The molecule has 124 valence electrons. The minimum atomic E-state index is -1.01. The molecule has 25 heavy (non-hydrogen) atoms. The van der Waals surface area contributed by atoms with Gasteiger partial charge in [0.15, 0.2) is 6.04 Å². The van der Waals surface area contributed by atoms with E-state index in [2.05, 4.69) is 4.98 Å². The first-order chi connectivity index (χ1) is 12.1. The molecular weight excluding hydrogens is 316 g/mol. The topological polar surface area (TPSA) is 70.5 Å². The molecular formula is C20H16N2O3. The third-order valence-electron chi connectivity index (χ3n) is 4.63. The van der Waals surface area contributed by atoms with Crippen LogP contribution in [0.25, 0.3) is 10.9 Å². The van der Waals surface area contributed by atoms with Crippen molar-refractivity contribution in [1.82, 2.24) is 9.88 Å². The van der Waals surface area contributed by atoms with Gasteiger partial charge in [-0.2, -0.15) is 0 Å². The number of aliphatic carboxylic acids is 1. The minimum absolute atomic E-state index is 0.271. The molecule has 0 radical (unpaired) electrons. The third kappa shape index (κ3) is 2.63. The second-order valence-corrected chi connectivity index (χ2v) is 6.10. The number of pyridine rings is 1. The number of amides is 1. The van der Waals surface area contributed by atoms with Crippen LogP contribution in [-0.2, 0) is 11.2 Å². The smallest absolute Gasteiger partial charge is 0.331 e. The van der Waals surface area contributed by atoms with Crippen molar-refractivity contribution >= 4 is 22.8 Å². The third-order valence-corrected chi connectivity index (χ3v) is 4.63. The lowest BCUT2D eigenvalue weighted by molar-refractivity contribution is -0.143. The highest BCUT2D eigenvalue weighted by atomic mass is 16.4. The Morgan fingerprint density at radius 2 is 1.92 bits per heavy atom. The number of nitrogens with zero attached hydrogens (tertiary/aromatic N) is 2. The Hall–Kier alpha value is -3.21. The molecule has 3 aromatic rings. The van der Waals surface area contributed by atoms with Gasteiger partial charge in [0.1, 0.15) is 0 Å². The summed E-state index contributed by atoms with van der Waals surface area (Å²) in [4.78, 5) is 30.6. The van der Waals surface area contributed by atoms with E-state index >= 15 is 0 Å². The van der Waals surface area contributed by atoms with Crippen LogP contribution in [0.3, 0.4) is 0 Å². The predicted molar refractivity (Wildman–Crippen MR) is 93.3 cm³/mol. The van der Waals surface area contributed by atoms with E-state index < -0.39 is 12.0 Å². The van der Waals surface area contributed by atoms with Crippen LogP contribution in [-0.4, -0.2) is 33.4 Å². The highest BCUT2D eigenvalue weighted by Gasteiger charge is 2.36. The molecule has 1 aromatic heterocycles. The Balaban J connectivity index is 1.74. The zero-order valence-corrected chi connectivity index (χ0v) is 13.4. The normalized spacial score (nSPS) is 16.5. The van der Waals surface area contributed by atoms with Gasteiger partial charge in [-0.3, -0.25) is 9.78 Å². The van der Waals surface area contributed by atoms with Gasteiger partial charge in [-0.25, -0.2) is 4.79 Å². The number of benzene rings is 2. The molecule has 5 nitrogen and oxygen atoms in total. The quantitative estimate of drug-likeness (QED) is 0.783. The zero-order chi connectivity index (χ0) is 17.4. The summed E-state index contributed by atoms with van der Waals surface area (Å²) in [5.41, 5.74) is 2.96. The highest BCUT2D eigenvalue weighted by molar-refractivity contribution is 6.00. The molecule has 1 aliphatic rings. The van der Waals surface area contributed by atoms with Gasteiger partial charge in [0, 0.05) is 23.7 Å². The number of hydrogen-bond donors (Lipinski definition) is 1. The van der Waals surface area contributed by atoms with Crippen LogP contribution in [0.4, 0.5) is 0 Å². The number of rotatable bonds is 2. The molecule has 0 saturated carbocycles. The maximum atomic E-state index is 13.0. The fourth-order valence-electron chi connectivity index (χ4n) is 3.43. The molecule has 5 heteroatoms. The number of aromatic nitrogens is 1. The number of carbonyl (C=O) groups excluding carboxylic acids is 1. The number of hydrogen-bond acceptors (Lipinski definition) is 3. The first-order valence-corrected chi connectivity index (χ1v) is 8.11. The Morgan fingerprint density at radius 1 is 1.08 bits per heavy atom. The highest BCUT2D eigenvalue weighted by Crippen LogP contribution is 2.31. The van der Waals surface area contributed by atoms with Gasteiger partial charge in [0.25, 0.3) is 5.91 Å². The molecule has 0 unspecified atom stereocenters. The minimum Gasteiger partial charge on any atom is -0.479 e. The lowest BCUT2D eigenvalue weighted by Crippen LogP contribution is -2.43. The zero-order valence-electron chi connectivity index (χ0n) is 13.4. The second kappa shape index (κ2) is 6.02.